The van der Waals surface area contributed by atoms with Crippen LogP contribution in [0.2, 0.25) is 0 Å². The summed E-state index contributed by atoms with van der Waals surface area (Å²) in [6.45, 7) is 0. The summed E-state index contributed by atoms with van der Waals surface area (Å²) >= 11 is 0. The maximum absolute atomic E-state index is 7.17. The van der Waals surface area contributed by atoms with E-state index in [0.29, 0.717) is 0 Å². The molecule has 0 aromatic heterocycles. The van der Waals surface area contributed by atoms with Gasteiger partial charge in [0.05, 0.1) is 0 Å². The van der Waals surface area contributed by atoms with Crippen molar-refractivity contribution in [3.63, 3.8) is 0 Å². The Morgan fingerprint density at radius 3 is 0.207 bits per heavy atom. The van der Waals surface area contributed by atoms with Crippen LogP contribution in [-0.2, 0) is 0 Å². The average Bonchev–Trinajstić information content (AvgIpc) is 1.76. The fraction of sp³-hybridized carbons (Fsp3) is 0. The number of rotatable bonds is 0. The molecule has 0 atom stereocenters. The first-order chi connectivity index (χ1) is 6.93. The Hall–Kier alpha value is 0.300. The molecular weight excluding hydrogens is 450 g/mol. The first kappa shape index (κ1) is 155. The van der Waals surface area contributed by atoms with Gasteiger partial charge in [-0.1, -0.05) is 0 Å². The molecule has 0 spiro atoms. The van der Waals surface area contributed by atoms with Crippen LogP contribution in [0.4, 0.5) is 0 Å². The van der Waals surface area contributed by atoms with E-state index in [1.54, 1.807) is 0 Å². The van der Waals surface area contributed by atoms with E-state index in [0.717, 1.165) is 0 Å². The minimum absolute atomic E-state index is 0. The topological polar surface area (TPSA) is 621 Å². The third-order valence-corrected chi connectivity index (χ3v) is 0. The van der Waals surface area contributed by atoms with Gasteiger partial charge in [-0.05, 0) is 0 Å². The van der Waals surface area contributed by atoms with Crippen molar-refractivity contribution >= 4 is 58.8 Å². The normalized spacial score (nSPS) is 3.72. The maximum atomic E-state index is 7.17. The average molecular weight is 488 g/mol. The Morgan fingerprint density at radius 1 is 0.207 bits per heavy atom. The van der Waals surface area contributed by atoms with E-state index in [2.05, 4.69) is 0 Å². The Labute approximate surface area is 185 Å². The monoisotopic (exact) mass is 488 g/mol. The van der Waals surface area contributed by atoms with Crippen LogP contribution in [0.25, 0.3) is 0 Å². The number of hydrogen-bond acceptors (Lipinski definition) is 12. The van der Waals surface area contributed by atoms with Gasteiger partial charge in [-0.15, -0.1) is 0 Å². The van der Waals surface area contributed by atoms with Gasteiger partial charge < -0.3 is 126 Å². The second-order valence-electron chi connectivity index (χ2n) is 1.39. The predicted octanol–water partition coefficient (Wildman–Crippen LogP) is -18.8. The van der Waals surface area contributed by atoms with Gasteiger partial charge in [0.1, 0.15) is 0 Å². The molecule has 0 aliphatic rings. The van der Waals surface area contributed by atoms with E-state index in [4.69, 9.17) is 60.3 Å². The molecule has 0 saturated heterocycles. The molecule has 0 saturated carbocycles. The van der Waals surface area contributed by atoms with E-state index in [-0.39, 0.29) is 95.3 Å². The SMILES string of the molecule is O.O.O.O.O.O.O.O.O.O.O.O.OB(O)O.OB(O)O.OB(O)O.OB(O)O.[NaH]. The molecular formula is H37B4NaO24. The molecule has 29 heavy (non-hydrogen) atoms. The Morgan fingerprint density at radius 2 is 0.207 bits per heavy atom. The van der Waals surface area contributed by atoms with Crippen molar-refractivity contribution in [2.75, 3.05) is 0 Å². The third-order valence-electron chi connectivity index (χ3n) is 0. The molecule has 0 radical (unpaired) electrons. The van der Waals surface area contributed by atoms with Gasteiger partial charge in [0, 0.05) is 0 Å². The van der Waals surface area contributed by atoms with Gasteiger partial charge in [0.2, 0.25) is 0 Å². The zero-order chi connectivity index (χ0) is 14.3. The molecule has 0 unspecified atom stereocenters. The Bertz CT molecular complexity index is 65.9. The molecule has 36 N–H and O–H groups in total. The summed E-state index contributed by atoms with van der Waals surface area (Å²) in [5.41, 5.74) is 0. The molecule has 0 amide bonds. The van der Waals surface area contributed by atoms with Crippen LogP contribution in [0.3, 0.4) is 0 Å². The van der Waals surface area contributed by atoms with Crippen molar-refractivity contribution in [2.45, 2.75) is 0 Å². The summed E-state index contributed by atoms with van der Waals surface area (Å²) in [5, 5.41) is 86.0. The van der Waals surface area contributed by atoms with Gasteiger partial charge in [0.15, 0.2) is 0 Å². The van der Waals surface area contributed by atoms with Crippen molar-refractivity contribution in [1.82, 2.24) is 0 Å². The van der Waals surface area contributed by atoms with E-state index in [9.17, 15) is 0 Å². The number of hydrogen-bond donors (Lipinski definition) is 12. The summed E-state index contributed by atoms with van der Waals surface area (Å²) in [4.78, 5) is 0. The second-order valence-corrected chi connectivity index (χ2v) is 1.39. The van der Waals surface area contributed by atoms with Crippen molar-refractivity contribution in [2.24, 2.45) is 0 Å². The van der Waals surface area contributed by atoms with Crippen molar-refractivity contribution in [1.29, 1.82) is 0 Å². The summed E-state index contributed by atoms with van der Waals surface area (Å²) in [6, 6.07) is 0. The van der Waals surface area contributed by atoms with E-state index < -0.39 is 29.3 Å². The molecule has 0 aliphatic heterocycles. The van der Waals surface area contributed by atoms with Crippen LogP contribution in [0.15, 0.2) is 0 Å². The standard InChI is InChI=1S/4BH3O3.Na.12H2O.H/c4*2-1(3)4;;;;;;;;;;;;;;/h4*2-4H;;12*1H2;. The van der Waals surface area contributed by atoms with Crippen LogP contribution in [0.5, 0.6) is 0 Å². The van der Waals surface area contributed by atoms with Crippen LogP contribution in [0.1, 0.15) is 0 Å². The second kappa shape index (κ2) is 139. The molecule has 24 nitrogen and oxygen atoms in total. The molecule has 0 heterocycles. The van der Waals surface area contributed by atoms with Gasteiger partial charge in [-0.3, -0.25) is 0 Å². The fourth-order valence-corrected chi connectivity index (χ4v) is 0. The van der Waals surface area contributed by atoms with Gasteiger partial charge in [0.25, 0.3) is 0 Å². The summed E-state index contributed by atoms with van der Waals surface area (Å²) < 4.78 is 0. The molecule has 0 aromatic carbocycles. The molecule has 0 bridgehead atoms. The predicted molar refractivity (Wildman–Crippen MR) is 100 cm³/mol. The first-order valence-corrected chi connectivity index (χ1v) is 3.10. The van der Waals surface area contributed by atoms with Gasteiger partial charge in [-0.25, -0.2) is 0 Å². The van der Waals surface area contributed by atoms with E-state index in [1.165, 1.54) is 0 Å². The summed E-state index contributed by atoms with van der Waals surface area (Å²) in [6.07, 6.45) is 0. The van der Waals surface area contributed by atoms with Crippen molar-refractivity contribution < 1.29 is 126 Å². The summed E-state index contributed by atoms with van der Waals surface area (Å²) in [5.74, 6) is 0. The quantitative estimate of drug-likeness (QED) is 0.142. The van der Waals surface area contributed by atoms with Gasteiger partial charge in [-0.2, -0.15) is 0 Å². The van der Waals surface area contributed by atoms with Crippen molar-refractivity contribution in [3.8, 4) is 0 Å². The van der Waals surface area contributed by atoms with Crippen molar-refractivity contribution in [3.05, 3.63) is 0 Å². The zero-order valence-corrected chi connectivity index (χ0v) is 13.7. The van der Waals surface area contributed by atoms with E-state index in [1.807, 2.05) is 0 Å². The van der Waals surface area contributed by atoms with Crippen LogP contribution >= 0.6 is 0 Å². The molecule has 29 heteroatoms. The van der Waals surface area contributed by atoms with Crippen LogP contribution < -0.4 is 0 Å². The molecule has 0 aromatic rings. The molecule has 194 valence electrons. The van der Waals surface area contributed by atoms with Crippen LogP contribution in [0, 0.1) is 0 Å². The first-order valence-electron chi connectivity index (χ1n) is 3.10. The van der Waals surface area contributed by atoms with Gasteiger partial charge >= 0.3 is 58.8 Å². The zero-order valence-electron chi connectivity index (χ0n) is 13.7. The van der Waals surface area contributed by atoms with Crippen LogP contribution in [-0.4, -0.2) is 185 Å². The Kier molecular flexibility index (Phi) is 746. The fourth-order valence-electron chi connectivity index (χ4n) is 0. The summed E-state index contributed by atoms with van der Waals surface area (Å²) in [7, 11) is -8.67. The minimum atomic E-state index is -2.17. The van der Waals surface area contributed by atoms with E-state index >= 15 is 0 Å². The molecule has 0 aliphatic carbocycles. The Balaban J connectivity index is -0.00000000384. The molecule has 0 fully saturated rings. The molecule has 0 rings (SSSR count). The third kappa shape index (κ3) is 218000.